The molecule has 128 valence electrons. The number of carboxylic acids is 1. The van der Waals surface area contributed by atoms with Crippen molar-refractivity contribution in [2.75, 3.05) is 18.0 Å². The van der Waals surface area contributed by atoms with Crippen molar-refractivity contribution < 1.29 is 9.90 Å². The number of nitrogens with zero attached hydrogens (tertiary/aromatic N) is 5. The van der Waals surface area contributed by atoms with Gasteiger partial charge in [-0.15, -0.1) is 5.10 Å². The Bertz CT molecular complexity index is 919. The topological polar surface area (TPSA) is 84.1 Å². The van der Waals surface area contributed by atoms with Crippen LogP contribution in [0.4, 0.5) is 5.82 Å². The van der Waals surface area contributed by atoms with Gasteiger partial charge in [0.2, 0.25) is 0 Å². The maximum atomic E-state index is 11.2. The van der Waals surface area contributed by atoms with E-state index in [0.29, 0.717) is 6.54 Å². The molecule has 1 aromatic carbocycles. The predicted octanol–water partition coefficient (Wildman–Crippen LogP) is 2.33. The number of hydrogen-bond acceptors (Lipinski definition) is 5. The van der Waals surface area contributed by atoms with Crippen molar-refractivity contribution in [3.8, 4) is 11.1 Å². The Kier molecular flexibility index (Phi) is 3.83. The van der Waals surface area contributed by atoms with E-state index in [-0.39, 0.29) is 5.92 Å². The zero-order chi connectivity index (χ0) is 17.4. The molecule has 7 nitrogen and oxygen atoms in total. The molecule has 3 heterocycles. The van der Waals surface area contributed by atoms with Crippen molar-refractivity contribution in [1.29, 1.82) is 0 Å². The Morgan fingerprint density at radius 1 is 1.24 bits per heavy atom. The number of rotatable bonds is 3. The number of carboxylic acid groups (broad SMARTS) is 1. The summed E-state index contributed by atoms with van der Waals surface area (Å²) < 4.78 is 1.75. The standard InChI is InChI=1S/C18H19N5O2/c1-22-16-9-12(4-6-15(16)20-21-22)13-5-7-17(19-10-13)23-8-2-3-14(11-23)18(24)25/h4-7,9-10,14H,2-3,8,11H2,1H3,(H,24,25). The molecule has 0 bridgehead atoms. The number of pyridine rings is 1. The Balaban J connectivity index is 1.58. The lowest BCUT2D eigenvalue weighted by Gasteiger charge is -2.31. The second kappa shape index (κ2) is 6.16. The lowest BCUT2D eigenvalue weighted by atomic mass is 9.98. The van der Waals surface area contributed by atoms with Crippen molar-refractivity contribution >= 4 is 22.8 Å². The van der Waals surface area contributed by atoms with Crippen LogP contribution in [0.3, 0.4) is 0 Å². The van der Waals surface area contributed by atoms with Crippen LogP contribution in [-0.2, 0) is 11.8 Å². The summed E-state index contributed by atoms with van der Waals surface area (Å²) in [7, 11) is 1.87. The number of aryl methyl sites for hydroxylation is 1. The normalized spacial score (nSPS) is 17.8. The lowest BCUT2D eigenvalue weighted by Crippen LogP contribution is -2.39. The number of piperidine rings is 1. The third-order valence-electron chi connectivity index (χ3n) is 4.79. The van der Waals surface area contributed by atoms with Crippen LogP contribution in [0, 0.1) is 5.92 Å². The zero-order valence-electron chi connectivity index (χ0n) is 14.0. The fourth-order valence-electron chi connectivity index (χ4n) is 3.34. The van der Waals surface area contributed by atoms with Gasteiger partial charge in [0.05, 0.1) is 11.4 Å². The highest BCUT2D eigenvalue weighted by Crippen LogP contribution is 2.26. The first-order valence-corrected chi connectivity index (χ1v) is 8.35. The van der Waals surface area contributed by atoms with Gasteiger partial charge in [-0.2, -0.15) is 0 Å². The maximum absolute atomic E-state index is 11.2. The molecule has 0 radical (unpaired) electrons. The van der Waals surface area contributed by atoms with E-state index in [1.165, 1.54) is 0 Å². The van der Waals surface area contributed by atoms with E-state index in [1.807, 2.05) is 43.6 Å². The maximum Gasteiger partial charge on any atom is 0.308 e. The Morgan fingerprint density at radius 3 is 2.84 bits per heavy atom. The monoisotopic (exact) mass is 337 g/mol. The first-order chi connectivity index (χ1) is 12.1. The largest absolute Gasteiger partial charge is 0.481 e. The molecule has 1 saturated heterocycles. The third-order valence-corrected chi connectivity index (χ3v) is 4.79. The number of aliphatic carboxylic acids is 1. The summed E-state index contributed by atoms with van der Waals surface area (Å²) in [5.41, 5.74) is 3.91. The third kappa shape index (κ3) is 2.93. The van der Waals surface area contributed by atoms with E-state index in [9.17, 15) is 9.90 Å². The van der Waals surface area contributed by atoms with Crippen molar-refractivity contribution in [3.63, 3.8) is 0 Å². The average Bonchev–Trinajstić information content (AvgIpc) is 3.02. The molecule has 7 heteroatoms. The molecular formula is C18H19N5O2. The number of benzene rings is 1. The van der Waals surface area contributed by atoms with Gasteiger partial charge in [0, 0.05) is 31.9 Å². The van der Waals surface area contributed by atoms with Crippen LogP contribution in [0.1, 0.15) is 12.8 Å². The van der Waals surface area contributed by atoms with Crippen LogP contribution >= 0.6 is 0 Å². The molecule has 0 amide bonds. The van der Waals surface area contributed by atoms with Crippen molar-refractivity contribution in [3.05, 3.63) is 36.5 Å². The van der Waals surface area contributed by atoms with E-state index in [1.54, 1.807) is 4.68 Å². The molecule has 1 atom stereocenters. The summed E-state index contributed by atoms with van der Waals surface area (Å²) in [5.74, 6) is -0.202. The van der Waals surface area contributed by atoms with E-state index in [4.69, 9.17) is 0 Å². The summed E-state index contributed by atoms with van der Waals surface area (Å²) in [6.07, 6.45) is 3.46. The smallest absolute Gasteiger partial charge is 0.308 e. The van der Waals surface area contributed by atoms with Gasteiger partial charge in [-0.05, 0) is 42.7 Å². The minimum atomic E-state index is -0.723. The summed E-state index contributed by atoms with van der Waals surface area (Å²) in [6.45, 7) is 1.37. The number of carbonyl (C=O) groups is 1. The lowest BCUT2D eigenvalue weighted by molar-refractivity contribution is -0.141. The van der Waals surface area contributed by atoms with Crippen LogP contribution in [0.2, 0.25) is 0 Å². The SMILES string of the molecule is Cn1nnc2ccc(-c3ccc(N4CCCC(C(=O)O)C4)nc3)cc21. The second-order valence-corrected chi connectivity index (χ2v) is 6.45. The van der Waals surface area contributed by atoms with Crippen LogP contribution in [0.25, 0.3) is 22.2 Å². The summed E-state index contributed by atoms with van der Waals surface area (Å²) in [5, 5.41) is 17.3. The molecule has 2 aromatic heterocycles. The van der Waals surface area contributed by atoms with Crippen molar-refractivity contribution in [1.82, 2.24) is 20.0 Å². The average molecular weight is 337 g/mol. The van der Waals surface area contributed by atoms with Gasteiger partial charge < -0.3 is 10.0 Å². The van der Waals surface area contributed by atoms with Gasteiger partial charge in [0.15, 0.2) is 0 Å². The van der Waals surface area contributed by atoms with Crippen LogP contribution in [-0.4, -0.2) is 44.1 Å². The molecule has 1 N–H and O–H groups in total. The minimum absolute atomic E-state index is 0.310. The first-order valence-electron chi connectivity index (χ1n) is 8.35. The van der Waals surface area contributed by atoms with Crippen molar-refractivity contribution in [2.45, 2.75) is 12.8 Å². The van der Waals surface area contributed by atoms with Gasteiger partial charge in [-0.1, -0.05) is 11.3 Å². The van der Waals surface area contributed by atoms with E-state index in [0.717, 1.165) is 47.4 Å². The summed E-state index contributed by atoms with van der Waals surface area (Å²) in [6, 6.07) is 10.00. The zero-order valence-corrected chi connectivity index (χ0v) is 14.0. The molecule has 25 heavy (non-hydrogen) atoms. The van der Waals surface area contributed by atoms with Gasteiger partial charge in [-0.3, -0.25) is 4.79 Å². The van der Waals surface area contributed by atoms with Gasteiger partial charge in [0.1, 0.15) is 11.3 Å². The highest BCUT2D eigenvalue weighted by molar-refractivity contribution is 5.81. The molecule has 3 aromatic rings. The molecule has 0 spiro atoms. The van der Waals surface area contributed by atoms with Crippen LogP contribution in [0.5, 0.6) is 0 Å². The minimum Gasteiger partial charge on any atom is -0.481 e. The number of aromatic nitrogens is 4. The predicted molar refractivity (Wildman–Crippen MR) is 94.3 cm³/mol. The first kappa shape index (κ1) is 15.6. The van der Waals surface area contributed by atoms with E-state index >= 15 is 0 Å². The molecule has 1 aliphatic rings. The number of anilines is 1. The summed E-state index contributed by atoms with van der Waals surface area (Å²) >= 11 is 0. The summed E-state index contributed by atoms with van der Waals surface area (Å²) in [4.78, 5) is 17.8. The highest BCUT2D eigenvalue weighted by atomic mass is 16.4. The van der Waals surface area contributed by atoms with E-state index in [2.05, 4.69) is 20.2 Å². The van der Waals surface area contributed by atoms with Crippen LogP contribution < -0.4 is 4.90 Å². The number of fused-ring (bicyclic) bond motifs is 1. The Morgan fingerprint density at radius 2 is 2.08 bits per heavy atom. The molecule has 4 rings (SSSR count). The molecule has 1 fully saturated rings. The Hall–Kier alpha value is -2.96. The molecule has 0 saturated carbocycles. The molecule has 1 aliphatic heterocycles. The second-order valence-electron chi connectivity index (χ2n) is 6.45. The van der Waals surface area contributed by atoms with Crippen molar-refractivity contribution in [2.24, 2.45) is 13.0 Å². The van der Waals surface area contributed by atoms with Gasteiger partial charge >= 0.3 is 5.97 Å². The molecule has 1 unspecified atom stereocenters. The number of hydrogen-bond donors (Lipinski definition) is 1. The highest BCUT2D eigenvalue weighted by Gasteiger charge is 2.25. The van der Waals surface area contributed by atoms with Crippen LogP contribution in [0.15, 0.2) is 36.5 Å². The fraction of sp³-hybridized carbons (Fsp3) is 0.333. The van der Waals surface area contributed by atoms with Gasteiger partial charge in [0.25, 0.3) is 0 Å². The van der Waals surface area contributed by atoms with Gasteiger partial charge in [-0.25, -0.2) is 9.67 Å². The molecule has 0 aliphatic carbocycles. The molecular weight excluding hydrogens is 318 g/mol. The Labute approximate surface area is 144 Å². The quantitative estimate of drug-likeness (QED) is 0.790. The van der Waals surface area contributed by atoms with E-state index < -0.39 is 5.97 Å². The fourth-order valence-corrected chi connectivity index (χ4v) is 3.34.